The van der Waals surface area contributed by atoms with Crippen LogP contribution < -0.4 is 10.1 Å². The van der Waals surface area contributed by atoms with Gasteiger partial charge in [-0.3, -0.25) is 4.68 Å². The van der Waals surface area contributed by atoms with Crippen molar-refractivity contribution in [3.8, 4) is 5.75 Å². The largest absolute Gasteiger partial charge is 0.492 e. The molecule has 0 aliphatic carbocycles. The average molecular weight is 513 g/mol. The molecule has 2 aromatic rings. The number of benzene rings is 1. The highest BCUT2D eigenvalue weighted by atomic mass is 127. The number of guanidine groups is 1. The van der Waals surface area contributed by atoms with Gasteiger partial charge in [0.2, 0.25) is 0 Å². The zero-order valence-corrected chi connectivity index (χ0v) is 20.1. The van der Waals surface area contributed by atoms with Crippen LogP contribution in [0.1, 0.15) is 29.7 Å². The molecule has 1 fully saturated rings. The van der Waals surface area contributed by atoms with Gasteiger partial charge in [-0.05, 0) is 44.0 Å². The van der Waals surface area contributed by atoms with Crippen LogP contribution in [0.15, 0.2) is 35.6 Å². The molecule has 3 rings (SSSR count). The quantitative estimate of drug-likeness (QED) is 0.279. The van der Waals surface area contributed by atoms with Crippen molar-refractivity contribution >= 4 is 29.9 Å². The van der Waals surface area contributed by atoms with Crippen LogP contribution in [0.5, 0.6) is 5.75 Å². The number of morpholine rings is 1. The second kappa shape index (κ2) is 11.4. The maximum Gasteiger partial charge on any atom is 0.194 e. The predicted molar refractivity (Wildman–Crippen MR) is 126 cm³/mol. The molecule has 2 heterocycles. The van der Waals surface area contributed by atoms with Crippen molar-refractivity contribution in [1.82, 2.24) is 20.0 Å². The molecule has 1 aromatic heterocycles. The molecule has 1 aliphatic rings. The van der Waals surface area contributed by atoms with Gasteiger partial charge >= 0.3 is 0 Å². The van der Waals surface area contributed by atoms with Crippen LogP contribution in [0.25, 0.3) is 0 Å². The highest BCUT2D eigenvalue weighted by Gasteiger charge is 2.25. The number of rotatable bonds is 6. The number of aryl methyl sites for hydroxylation is 3. The van der Waals surface area contributed by atoms with Gasteiger partial charge in [0.15, 0.2) is 5.96 Å². The first-order chi connectivity index (χ1) is 13.5. The third-order valence-electron chi connectivity index (χ3n) is 4.61. The fourth-order valence-electron chi connectivity index (χ4n) is 3.41. The number of hydrogen-bond donors (Lipinski definition) is 1. The fraction of sp³-hybridized carbons (Fsp3) is 0.524. The summed E-state index contributed by atoms with van der Waals surface area (Å²) in [6, 6.07) is 6.26. The number of aromatic nitrogens is 2. The van der Waals surface area contributed by atoms with E-state index in [1.165, 1.54) is 11.1 Å². The molecule has 1 atom stereocenters. The highest BCUT2D eigenvalue weighted by Crippen LogP contribution is 2.21. The molecule has 7 nitrogen and oxygen atoms in total. The van der Waals surface area contributed by atoms with Crippen LogP contribution in [0, 0.1) is 13.8 Å². The summed E-state index contributed by atoms with van der Waals surface area (Å²) >= 11 is 0. The summed E-state index contributed by atoms with van der Waals surface area (Å²) in [6.45, 7) is 10.5. The molecule has 8 heteroatoms. The van der Waals surface area contributed by atoms with Crippen molar-refractivity contribution in [3.05, 3.63) is 47.3 Å². The Morgan fingerprint density at radius 1 is 1.31 bits per heavy atom. The van der Waals surface area contributed by atoms with Crippen LogP contribution in [-0.4, -0.2) is 60.0 Å². The van der Waals surface area contributed by atoms with Crippen molar-refractivity contribution in [3.63, 3.8) is 0 Å². The highest BCUT2D eigenvalue weighted by molar-refractivity contribution is 14.0. The van der Waals surface area contributed by atoms with Crippen LogP contribution in [-0.2, 0) is 11.8 Å². The van der Waals surface area contributed by atoms with Crippen LogP contribution in [0.2, 0.25) is 0 Å². The Bertz CT molecular complexity index is 788. The maximum absolute atomic E-state index is 5.94. The summed E-state index contributed by atoms with van der Waals surface area (Å²) in [4.78, 5) is 7.01. The van der Waals surface area contributed by atoms with E-state index < -0.39 is 0 Å². The van der Waals surface area contributed by atoms with Gasteiger partial charge in [-0.25, -0.2) is 4.99 Å². The lowest BCUT2D eigenvalue weighted by molar-refractivity contribution is -0.00805. The summed E-state index contributed by atoms with van der Waals surface area (Å²) in [7, 11) is 1.92. The first-order valence-electron chi connectivity index (χ1n) is 9.89. The third kappa shape index (κ3) is 6.88. The number of ether oxygens (including phenoxy) is 2. The average Bonchev–Trinajstić information content (AvgIpc) is 3.10. The van der Waals surface area contributed by atoms with E-state index in [9.17, 15) is 0 Å². The van der Waals surface area contributed by atoms with Gasteiger partial charge < -0.3 is 19.7 Å². The number of hydrogen-bond acceptors (Lipinski definition) is 4. The van der Waals surface area contributed by atoms with Crippen molar-refractivity contribution < 1.29 is 9.47 Å². The van der Waals surface area contributed by atoms with Gasteiger partial charge in [-0.2, -0.15) is 5.10 Å². The molecule has 1 saturated heterocycles. The lowest BCUT2D eigenvalue weighted by Crippen LogP contribution is -2.48. The van der Waals surface area contributed by atoms with Crippen LogP contribution >= 0.6 is 24.0 Å². The smallest absolute Gasteiger partial charge is 0.194 e. The van der Waals surface area contributed by atoms with Gasteiger partial charge in [0, 0.05) is 31.9 Å². The zero-order valence-electron chi connectivity index (χ0n) is 17.7. The topological polar surface area (TPSA) is 63.9 Å². The molecule has 1 unspecified atom stereocenters. The van der Waals surface area contributed by atoms with Crippen molar-refractivity contribution in [2.24, 2.45) is 12.0 Å². The molecule has 160 valence electrons. The number of nitrogens with one attached hydrogen (secondary N) is 1. The Morgan fingerprint density at radius 3 is 2.72 bits per heavy atom. The van der Waals surface area contributed by atoms with Gasteiger partial charge in [-0.15, -0.1) is 24.0 Å². The van der Waals surface area contributed by atoms with E-state index in [0.29, 0.717) is 19.8 Å². The molecule has 0 saturated carbocycles. The Hall–Kier alpha value is -1.81. The van der Waals surface area contributed by atoms with Gasteiger partial charge in [0.25, 0.3) is 0 Å². The number of nitrogens with zero attached hydrogens (tertiary/aromatic N) is 4. The molecule has 0 amide bonds. The van der Waals surface area contributed by atoms with Crippen molar-refractivity contribution in [2.45, 2.75) is 26.9 Å². The third-order valence-corrected chi connectivity index (χ3v) is 4.61. The van der Waals surface area contributed by atoms with E-state index in [-0.39, 0.29) is 30.1 Å². The summed E-state index contributed by atoms with van der Waals surface area (Å²) in [6.07, 6.45) is 3.89. The Balaban J connectivity index is 0.00000300. The SMILES string of the molecule is CCNC(=NCCOc1cc(C)cc(C)c1)N1CCOC(c2cnn(C)c2)C1.I. The summed E-state index contributed by atoms with van der Waals surface area (Å²) in [5.41, 5.74) is 3.52. The minimum atomic E-state index is 0. The predicted octanol–water partition coefficient (Wildman–Crippen LogP) is 3.07. The Kier molecular flexibility index (Phi) is 9.22. The van der Waals surface area contributed by atoms with E-state index in [0.717, 1.165) is 36.9 Å². The Labute approximate surface area is 190 Å². The maximum atomic E-state index is 5.94. The molecular weight excluding hydrogens is 481 g/mol. The van der Waals surface area contributed by atoms with Gasteiger partial charge in [0.05, 0.1) is 25.9 Å². The lowest BCUT2D eigenvalue weighted by atomic mass is 10.1. The fourth-order valence-corrected chi connectivity index (χ4v) is 3.41. The van der Waals surface area contributed by atoms with E-state index in [2.05, 4.69) is 54.3 Å². The monoisotopic (exact) mass is 513 g/mol. The molecule has 1 N–H and O–H groups in total. The minimum Gasteiger partial charge on any atom is -0.492 e. The molecule has 29 heavy (non-hydrogen) atoms. The lowest BCUT2D eigenvalue weighted by Gasteiger charge is -2.34. The number of aliphatic imine (C=N–C) groups is 1. The summed E-state index contributed by atoms with van der Waals surface area (Å²) in [5, 5.41) is 7.65. The van der Waals surface area contributed by atoms with Crippen molar-refractivity contribution in [2.75, 3.05) is 39.4 Å². The standard InChI is InChI=1S/C21H31N5O2.HI/c1-5-22-21(23-6-8-27-19-11-16(2)10-17(3)12-19)26-7-9-28-20(15-26)18-13-24-25(4)14-18;/h10-14,20H,5-9,15H2,1-4H3,(H,22,23);1H. The molecule has 1 aliphatic heterocycles. The second-order valence-corrected chi connectivity index (χ2v) is 7.16. The number of halogens is 1. The first-order valence-corrected chi connectivity index (χ1v) is 9.89. The molecule has 1 aromatic carbocycles. The van der Waals surface area contributed by atoms with E-state index in [4.69, 9.17) is 14.5 Å². The minimum absolute atomic E-state index is 0. The molecule has 0 bridgehead atoms. The van der Waals surface area contributed by atoms with E-state index >= 15 is 0 Å². The zero-order chi connectivity index (χ0) is 19.9. The van der Waals surface area contributed by atoms with Crippen LogP contribution in [0.3, 0.4) is 0 Å². The summed E-state index contributed by atoms with van der Waals surface area (Å²) < 4.78 is 13.6. The van der Waals surface area contributed by atoms with Crippen molar-refractivity contribution in [1.29, 1.82) is 0 Å². The van der Waals surface area contributed by atoms with Crippen LogP contribution in [0.4, 0.5) is 0 Å². The molecule has 0 spiro atoms. The Morgan fingerprint density at radius 2 is 2.07 bits per heavy atom. The van der Waals surface area contributed by atoms with Gasteiger partial charge in [-0.1, -0.05) is 6.07 Å². The van der Waals surface area contributed by atoms with Gasteiger partial charge in [0.1, 0.15) is 18.5 Å². The molecule has 0 radical (unpaired) electrons. The molecular formula is C21H32IN5O2. The summed E-state index contributed by atoms with van der Waals surface area (Å²) in [5.74, 6) is 1.81. The van der Waals surface area contributed by atoms with E-state index in [1.54, 1.807) is 4.68 Å². The second-order valence-electron chi connectivity index (χ2n) is 7.16. The van der Waals surface area contributed by atoms with E-state index in [1.807, 2.05) is 19.4 Å². The normalized spacial score (nSPS) is 17.0. The first kappa shape index (κ1) is 23.5.